The molecule has 10 aromatic carbocycles. The molecule has 0 fully saturated rings. The molecule has 0 saturated carbocycles. The lowest BCUT2D eigenvalue weighted by Crippen LogP contribution is -2.11. The molecule has 3 heterocycles. The second kappa shape index (κ2) is 16.5. The van der Waals surface area contributed by atoms with Crippen molar-refractivity contribution in [3.63, 3.8) is 0 Å². The van der Waals surface area contributed by atoms with Crippen molar-refractivity contribution in [2.75, 3.05) is 9.80 Å². The van der Waals surface area contributed by atoms with Crippen LogP contribution in [0.1, 0.15) is 63.8 Å². The van der Waals surface area contributed by atoms with E-state index in [0.29, 0.717) is 0 Å². The molecule has 5 heteroatoms. The molecule has 0 saturated heterocycles. The molecule has 0 radical (unpaired) electrons. The van der Waals surface area contributed by atoms with E-state index in [1.54, 1.807) is 0 Å². The first kappa shape index (κ1) is 44.4. The van der Waals surface area contributed by atoms with Crippen LogP contribution in [0.15, 0.2) is 209 Å². The average Bonchev–Trinajstić information content (AvgIpc) is 4.08. The highest BCUT2D eigenvalue weighted by Crippen LogP contribution is 2.50. The lowest BCUT2D eigenvalue weighted by atomic mass is 9.86. The van der Waals surface area contributed by atoms with Gasteiger partial charge in [-0.25, -0.2) is 0 Å². The summed E-state index contributed by atoms with van der Waals surface area (Å²) in [5.41, 5.74) is 17.6. The van der Waals surface area contributed by atoms with Gasteiger partial charge in [0.1, 0.15) is 11.2 Å². The highest BCUT2D eigenvalue weighted by Gasteiger charge is 2.29. The van der Waals surface area contributed by atoms with Gasteiger partial charge in [0.2, 0.25) is 0 Å². The van der Waals surface area contributed by atoms with Crippen molar-refractivity contribution in [3.05, 3.63) is 222 Å². The Labute approximate surface area is 426 Å². The van der Waals surface area contributed by atoms with E-state index in [1.807, 2.05) is 0 Å². The number of para-hydroxylation sites is 5. The van der Waals surface area contributed by atoms with Crippen molar-refractivity contribution in [2.45, 2.75) is 66.2 Å². The second-order valence-corrected chi connectivity index (χ2v) is 21.9. The van der Waals surface area contributed by atoms with Gasteiger partial charge in [-0.05, 0) is 96.8 Å². The predicted molar refractivity (Wildman–Crippen MR) is 309 cm³/mol. The summed E-state index contributed by atoms with van der Waals surface area (Å²) in [5, 5.41) is 9.12. The predicted octanol–water partition coefficient (Wildman–Crippen LogP) is 19.9. The van der Waals surface area contributed by atoms with Crippen molar-refractivity contribution in [2.24, 2.45) is 0 Å². The Bertz CT molecular complexity index is 4290. The molecule has 0 aliphatic heterocycles. The van der Waals surface area contributed by atoms with Crippen LogP contribution in [0, 0.1) is 13.8 Å². The van der Waals surface area contributed by atoms with E-state index in [-0.39, 0.29) is 10.8 Å². The zero-order valence-corrected chi connectivity index (χ0v) is 42.7. The number of nitrogens with zero attached hydrogens (tertiary/aromatic N) is 3. The highest BCUT2D eigenvalue weighted by molar-refractivity contribution is 6.25. The van der Waals surface area contributed by atoms with E-state index >= 15 is 0 Å². The average molecular weight is 948 g/mol. The summed E-state index contributed by atoms with van der Waals surface area (Å²) < 4.78 is 16.7. The van der Waals surface area contributed by atoms with Gasteiger partial charge < -0.3 is 23.2 Å². The topological polar surface area (TPSA) is 37.7 Å². The van der Waals surface area contributed by atoms with E-state index in [4.69, 9.17) is 8.83 Å². The van der Waals surface area contributed by atoms with Gasteiger partial charge in [-0.15, -0.1) is 0 Å². The standard InChI is InChI=1S/C68H57N3O2/c1-42-30-34-45(35-31-42)69(57-28-16-24-52-50-22-14-26-55(67(3,4)5)63(50)72-65(52)57)47-38-39-54-59(40-47)71(44-18-10-9-11-19-44)61-41-60(48-20-12-13-21-49(48)62(54)61)70(46-36-32-43(2)33-37-46)58-29-17-25-53-51-23-15-27-56(68(6,7)8)64(51)73-66(53)58/h9-41H,1-8H3. The summed E-state index contributed by atoms with van der Waals surface area (Å²) >= 11 is 0. The SMILES string of the molecule is Cc1ccc(N(c2ccc3c4c5ccccc5c(N(c5ccc(C)cc5)c5cccc6c5oc5c(C(C)(C)C)cccc56)cc4n(-c4ccccc4)c3c2)c2cccc3c2oc2c(C(C)(C)C)cccc23)cc1. The Morgan fingerprint density at radius 1 is 0.342 bits per heavy atom. The molecule has 0 N–H and O–H groups in total. The maximum absolute atomic E-state index is 7.15. The molecule has 0 amide bonds. The van der Waals surface area contributed by atoms with Crippen LogP contribution in [0.2, 0.25) is 0 Å². The molecule has 0 atom stereocenters. The Morgan fingerprint density at radius 3 is 1.34 bits per heavy atom. The fourth-order valence-electron chi connectivity index (χ4n) is 11.4. The third-order valence-corrected chi connectivity index (χ3v) is 14.9. The first-order chi connectivity index (χ1) is 35.3. The quantitative estimate of drug-likeness (QED) is 0.160. The van der Waals surface area contributed by atoms with Crippen LogP contribution in [-0.2, 0) is 10.8 Å². The van der Waals surface area contributed by atoms with Crippen LogP contribution in [0.25, 0.3) is 82.1 Å². The molecule has 5 nitrogen and oxygen atoms in total. The summed E-state index contributed by atoms with van der Waals surface area (Å²) in [4.78, 5) is 4.79. The second-order valence-electron chi connectivity index (χ2n) is 21.9. The molecule has 0 bridgehead atoms. The molecule has 0 spiro atoms. The molecule has 13 rings (SSSR count). The minimum absolute atomic E-state index is 0.0990. The van der Waals surface area contributed by atoms with Gasteiger partial charge in [-0.2, -0.15) is 0 Å². The number of fused-ring (bicyclic) bond motifs is 11. The van der Waals surface area contributed by atoms with Crippen molar-refractivity contribution in [1.82, 2.24) is 4.57 Å². The monoisotopic (exact) mass is 947 g/mol. The lowest BCUT2D eigenvalue weighted by molar-refractivity contribution is 0.572. The van der Waals surface area contributed by atoms with Crippen LogP contribution < -0.4 is 9.80 Å². The minimum atomic E-state index is -0.107. The van der Waals surface area contributed by atoms with Gasteiger partial charge in [0.25, 0.3) is 0 Å². The first-order valence-corrected chi connectivity index (χ1v) is 25.5. The van der Waals surface area contributed by atoms with Gasteiger partial charge in [0.05, 0.1) is 28.1 Å². The van der Waals surface area contributed by atoms with Crippen LogP contribution in [0.3, 0.4) is 0 Å². The largest absolute Gasteiger partial charge is 0.454 e. The van der Waals surface area contributed by atoms with E-state index in [9.17, 15) is 0 Å². The number of aryl methyl sites for hydroxylation is 2. The molecule has 0 unspecified atom stereocenters. The Hall–Kier alpha value is -8.54. The summed E-state index contributed by atoms with van der Waals surface area (Å²) in [6.45, 7) is 17.8. The molecular formula is C68H57N3O2. The van der Waals surface area contributed by atoms with Crippen LogP contribution in [0.5, 0.6) is 0 Å². The summed E-state index contributed by atoms with van der Waals surface area (Å²) in [7, 11) is 0. The van der Waals surface area contributed by atoms with Crippen molar-refractivity contribution >= 4 is 111 Å². The number of rotatable bonds is 7. The third kappa shape index (κ3) is 7.12. The fraction of sp³-hybridized carbons (Fsp3) is 0.147. The van der Waals surface area contributed by atoms with Crippen molar-refractivity contribution < 1.29 is 8.83 Å². The van der Waals surface area contributed by atoms with E-state index in [0.717, 1.165) is 100 Å². The Balaban J connectivity index is 1.10. The molecule has 356 valence electrons. The molecule has 0 aliphatic rings. The van der Waals surface area contributed by atoms with Crippen LogP contribution >= 0.6 is 0 Å². The summed E-state index contributed by atoms with van der Waals surface area (Å²) in [6.07, 6.45) is 0. The van der Waals surface area contributed by atoms with Gasteiger partial charge in [0.15, 0.2) is 11.2 Å². The maximum atomic E-state index is 7.15. The van der Waals surface area contributed by atoms with Crippen LogP contribution in [-0.4, -0.2) is 4.57 Å². The lowest BCUT2D eigenvalue weighted by Gasteiger charge is -2.27. The minimum Gasteiger partial charge on any atom is -0.454 e. The molecule has 73 heavy (non-hydrogen) atoms. The van der Waals surface area contributed by atoms with Crippen molar-refractivity contribution in [3.8, 4) is 5.69 Å². The maximum Gasteiger partial charge on any atom is 0.159 e. The normalized spacial score (nSPS) is 12.4. The molecular weight excluding hydrogens is 891 g/mol. The van der Waals surface area contributed by atoms with Gasteiger partial charge >= 0.3 is 0 Å². The number of furan rings is 2. The van der Waals surface area contributed by atoms with Gasteiger partial charge in [-0.1, -0.05) is 186 Å². The highest BCUT2D eigenvalue weighted by atomic mass is 16.3. The zero-order chi connectivity index (χ0) is 49.9. The van der Waals surface area contributed by atoms with E-state index in [1.165, 1.54) is 38.4 Å². The van der Waals surface area contributed by atoms with E-state index < -0.39 is 0 Å². The Kier molecular flexibility index (Phi) is 10.0. The number of hydrogen-bond acceptors (Lipinski definition) is 4. The van der Waals surface area contributed by atoms with Gasteiger partial charge in [0, 0.05) is 71.6 Å². The number of aromatic nitrogens is 1. The summed E-state index contributed by atoms with van der Waals surface area (Å²) in [5.74, 6) is 0. The Morgan fingerprint density at radius 2 is 0.795 bits per heavy atom. The fourth-order valence-corrected chi connectivity index (χ4v) is 11.4. The smallest absolute Gasteiger partial charge is 0.159 e. The van der Waals surface area contributed by atoms with Crippen molar-refractivity contribution in [1.29, 1.82) is 0 Å². The molecule has 13 aromatic rings. The molecule has 0 aliphatic carbocycles. The number of benzene rings is 10. The van der Waals surface area contributed by atoms with Crippen LogP contribution in [0.4, 0.5) is 34.1 Å². The third-order valence-electron chi connectivity index (χ3n) is 14.9. The van der Waals surface area contributed by atoms with E-state index in [2.05, 4.69) is 270 Å². The number of anilines is 6. The number of hydrogen-bond donors (Lipinski definition) is 0. The summed E-state index contributed by atoms with van der Waals surface area (Å²) in [6, 6.07) is 73.1. The molecule has 3 aromatic heterocycles. The zero-order valence-electron chi connectivity index (χ0n) is 42.7. The van der Waals surface area contributed by atoms with Gasteiger partial charge in [-0.3, -0.25) is 0 Å². The first-order valence-electron chi connectivity index (χ1n) is 25.5.